The first kappa shape index (κ1) is 21.5. The van der Waals surface area contributed by atoms with E-state index in [-0.39, 0.29) is 24.5 Å². The van der Waals surface area contributed by atoms with Crippen molar-refractivity contribution in [1.82, 2.24) is 14.9 Å². The number of thiazole rings is 1. The van der Waals surface area contributed by atoms with Gasteiger partial charge in [-0.1, -0.05) is 30.3 Å². The summed E-state index contributed by atoms with van der Waals surface area (Å²) in [6.07, 6.45) is 0. The van der Waals surface area contributed by atoms with E-state index in [1.165, 1.54) is 22.0 Å². The molecule has 0 unspecified atom stereocenters. The van der Waals surface area contributed by atoms with Gasteiger partial charge in [0.1, 0.15) is 12.2 Å². The van der Waals surface area contributed by atoms with Crippen LogP contribution in [-0.4, -0.2) is 23.9 Å². The van der Waals surface area contributed by atoms with E-state index >= 15 is 0 Å². The van der Waals surface area contributed by atoms with Gasteiger partial charge in [0.05, 0.1) is 18.0 Å². The summed E-state index contributed by atoms with van der Waals surface area (Å²) in [6, 6.07) is 11.6. The minimum absolute atomic E-state index is 0.114. The van der Waals surface area contributed by atoms with Crippen LogP contribution in [0.1, 0.15) is 17.0 Å². The van der Waals surface area contributed by atoms with E-state index in [1.807, 2.05) is 0 Å². The van der Waals surface area contributed by atoms with Gasteiger partial charge in [-0.2, -0.15) is 0 Å². The number of aryl methyl sites for hydroxylation is 1. The molecule has 2 heterocycles. The summed E-state index contributed by atoms with van der Waals surface area (Å²) < 4.78 is 28.4. The van der Waals surface area contributed by atoms with Crippen molar-refractivity contribution in [2.45, 2.75) is 25.8 Å². The lowest BCUT2D eigenvalue weighted by molar-refractivity contribution is -0.121. The van der Waals surface area contributed by atoms with E-state index < -0.39 is 21.5 Å². The van der Waals surface area contributed by atoms with Crippen molar-refractivity contribution in [3.8, 4) is 0 Å². The molecule has 30 heavy (non-hydrogen) atoms. The van der Waals surface area contributed by atoms with E-state index in [9.17, 15) is 18.0 Å². The molecule has 0 aliphatic heterocycles. The zero-order chi connectivity index (χ0) is 21.7. The molecule has 0 fully saturated rings. The van der Waals surface area contributed by atoms with Gasteiger partial charge in [-0.15, -0.1) is 11.3 Å². The Labute approximate surface area is 177 Å². The van der Waals surface area contributed by atoms with Gasteiger partial charge in [0.15, 0.2) is 5.13 Å². The number of rotatable bonds is 8. The van der Waals surface area contributed by atoms with Gasteiger partial charge in [0.2, 0.25) is 15.9 Å². The van der Waals surface area contributed by atoms with Crippen LogP contribution in [0.3, 0.4) is 0 Å². The molecule has 0 spiro atoms. The Morgan fingerprint density at radius 3 is 2.60 bits per heavy atom. The molecule has 158 valence electrons. The second-order valence-electron chi connectivity index (χ2n) is 6.58. The maximum absolute atomic E-state index is 12.8. The zero-order valence-electron chi connectivity index (χ0n) is 16.2. The first-order valence-electron chi connectivity index (χ1n) is 8.95. The van der Waals surface area contributed by atoms with Gasteiger partial charge < -0.3 is 15.6 Å². The Balaban J connectivity index is 1.71. The maximum Gasteiger partial charge on any atom is 0.275 e. The number of anilines is 2. The highest BCUT2D eigenvalue weighted by Crippen LogP contribution is 2.12. The van der Waals surface area contributed by atoms with Crippen molar-refractivity contribution < 1.29 is 13.2 Å². The number of nitrogens with one attached hydrogen (secondary N) is 2. The fourth-order valence-electron chi connectivity index (χ4n) is 2.73. The standard InChI is InChI=1S/C19H21N5O4S2/c1-13-7-8-16(23-30(27,28)12-14-5-3-2-4-6-14)18(26)24(13)10-17(25)21-9-15-11-29-19(20)22-15/h2-8,11,23H,9-10,12H2,1H3,(H2,20,22)(H,21,25). The molecule has 0 aliphatic rings. The Morgan fingerprint density at radius 1 is 1.20 bits per heavy atom. The van der Waals surface area contributed by atoms with E-state index in [2.05, 4.69) is 15.0 Å². The number of nitrogen functional groups attached to an aromatic ring is 1. The molecule has 0 bridgehead atoms. The fraction of sp³-hybridized carbons (Fsp3) is 0.211. The van der Waals surface area contributed by atoms with Crippen molar-refractivity contribution in [2.24, 2.45) is 0 Å². The molecule has 3 rings (SSSR count). The third-order valence-electron chi connectivity index (χ3n) is 4.20. The molecule has 0 aliphatic carbocycles. The molecule has 1 aromatic carbocycles. The summed E-state index contributed by atoms with van der Waals surface area (Å²) >= 11 is 1.27. The normalized spacial score (nSPS) is 11.2. The number of nitrogens with zero attached hydrogens (tertiary/aromatic N) is 2. The van der Waals surface area contributed by atoms with Gasteiger partial charge in [-0.05, 0) is 24.6 Å². The molecule has 0 saturated heterocycles. The number of carbonyl (C=O) groups is 1. The molecular weight excluding hydrogens is 426 g/mol. The predicted octanol–water partition coefficient (Wildman–Crippen LogP) is 1.45. The fourth-order valence-corrected chi connectivity index (χ4v) is 4.49. The second-order valence-corrected chi connectivity index (χ2v) is 9.19. The summed E-state index contributed by atoms with van der Waals surface area (Å²) in [5, 5.41) is 4.80. The molecule has 1 amide bonds. The minimum atomic E-state index is -3.80. The van der Waals surface area contributed by atoms with Crippen molar-refractivity contribution in [1.29, 1.82) is 0 Å². The highest BCUT2D eigenvalue weighted by atomic mass is 32.2. The number of amides is 1. The third-order valence-corrected chi connectivity index (χ3v) is 6.16. The molecule has 9 nitrogen and oxygen atoms in total. The lowest BCUT2D eigenvalue weighted by Crippen LogP contribution is -2.34. The molecule has 4 N–H and O–H groups in total. The SMILES string of the molecule is Cc1ccc(NS(=O)(=O)Cc2ccccc2)c(=O)n1CC(=O)NCc1csc(N)n1. The molecule has 11 heteroatoms. The second kappa shape index (κ2) is 9.09. The summed E-state index contributed by atoms with van der Waals surface area (Å²) in [5.74, 6) is -0.672. The molecule has 0 saturated carbocycles. The topological polar surface area (TPSA) is 136 Å². The van der Waals surface area contributed by atoms with E-state index in [1.54, 1.807) is 48.7 Å². The summed E-state index contributed by atoms with van der Waals surface area (Å²) in [4.78, 5) is 29.1. The Bertz CT molecular complexity index is 1200. The van der Waals surface area contributed by atoms with Crippen LogP contribution < -0.4 is 21.3 Å². The number of carbonyl (C=O) groups excluding carboxylic acids is 1. The number of pyridine rings is 1. The lowest BCUT2D eigenvalue weighted by Gasteiger charge is -2.13. The summed E-state index contributed by atoms with van der Waals surface area (Å²) in [7, 11) is -3.80. The van der Waals surface area contributed by atoms with Crippen LogP contribution in [-0.2, 0) is 33.7 Å². The minimum Gasteiger partial charge on any atom is -0.375 e. The number of benzene rings is 1. The number of aromatic nitrogens is 2. The molecular formula is C19H21N5O4S2. The van der Waals surface area contributed by atoms with Crippen LogP contribution >= 0.6 is 11.3 Å². The smallest absolute Gasteiger partial charge is 0.275 e. The van der Waals surface area contributed by atoms with Crippen LogP contribution in [0.15, 0.2) is 52.6 Å². The van der Waals surface area contributed by atoms with Crippen molar-refractivity contribution in [3.63, 3.8) is 0 Å². The quantitative estimate of drug-likeness (QED) is 0.478. The lowest BCUT2D eigenvalue weighted by atomic mass is 10.2. The van der Waals surface area contributed by atoms with Gasteiger partial charge in [0.25, 0.3) is 5.56 Å². The van der Waals surface area contributed by atoms with Crippen molar-refractivity contribution in [2.75, 3.05) is 10.5 Å². The van der Waals surface area contributed by atoms with E-state index in [0.717, 1.165) is 0 Å². The van der Waals surface area contributed by atoms with Gasteiger partial charge in [0, 0.05) is 11.1 Å². The zero-order valence-corrected chi connectivity index (χ0v) is 17.8. The van der Waals surface area contributed by atoms with Gasteiger partial charge in [-0.3, -0.25) is 14.3 Å². The van der Waals surface area contributed by atoms with Crippen LogP contribution in [0, 0.1) is 6.92 Å². The number of hydrogen-bond acceptors (Lipinski definition) is 7. The Morgan fingerprint density at radius 2 is 1.93 bits per heavy atom. The average molecular weight is 448 g/mol. The predicted molar refractivity (Wildman–Crippen MR) is 117 cm³/mol. The molecule has 2 aromatic heterocycles. The largest absolute Gasteiger partial charge is 0.375 e. The third kappa shape index (κ3) is 5.67. The highest BCUT2D eigenvalue weighted by Gasteiger charge is 2.16. The summed E-state index contributed by atoms with van der Waals surface area (Å²) in [6.45, 7) is 1.60. The number of sulfonamides is 1. The van der Waals surface area contributed by atoms with E-state index in [0.29, 0.717) is 22.1 Å². The number of nitrogens with two attached hydrogens (primary N) is 1. The monoisotopic (exact) mass is 447 g/mol. The maximum atomic E-state index is 12.8. The Kier molecular flexibility index (Phi) is 6.53. The first-order chi connectivity index (χ1) is 14.2. The summed E-state index contributed by atoms with van der Waals surface area (Å²) in [5.41, 5.74) is 6.59. The Hall–Kier alpha value is -3.18. The first-order valence-corrected chi connectivity index (χ1v) is 11.5. The van der Waals surface area contributed by atoms with Crippen LogP contribution in [0.25, 0.3) is 0 Å². The van der Waals surface area contributed by atoms with Crippen molar-refractivity contribution >= 4 is 38.1 Å². The highest BCUT2D eigenvalue weighted by molar-refractivity contribution is 7.91. The van der Waals surface area contributed by atoms with Gasteiger partial charge in [-0.25, -0.2) is 13.4 Å². The number of hydrogen-bond donors (Lipinski definition) is 3. The van der Waals surface area contributed by atoms with Crippen LogP contribution in [0.4, 0.5) is 10.8 Å². The average Bonchev–Trinajstić information content (AvgIpc) is 3.11. The van der Waals surface area contributed by atoms with E-state index in [4.69, 9.17) is 5.73 Å². The molecule has 0 atom stereocenters. The van der Waals surface area contributed by atoms with Crippen LogP contribution in [0.2, 0.25) is 0 Å². The van der Waals surface area contributed by atoms with Crippen LogP contribution in [0.5, 0.6) is 0 Å². The molecule has 0 radical (unpaired) electrons. The van der Waals surface area contributed by atoms with Crippen molar-refractivity contribution in [3.05, 3.63) is 75.1 Å². The van der Waals surface area contributed by atoms with Gasteiger partial charge >= 0.3 is 0 Å². The molecule has 3 aromatic rings.